The molecule has 1 saturated heterocycles. The molecule has 1 amide bonds. The summed E-state index contributed by atoms with van der Waals surface area (Å²) < 4.78 is 1.27. The van der Waals surface area contributed by atoms with Gasteiger partial charge in [0.2, 0.25) is 0 Å². The highest BCUT2D eigenvalue weighted by atomic mass is 16.4. The average molecular weight is 313 g/mol. The summed E-state index contributed by atoms with van der Waals surface area (Å²) in [4.78, 5) is 25.4. The van der Waals surface area contributed by atoms with E-state index in [1.54, 1.807) is 6.07 Å². The average Bonchev–Trinajstić information content (AvgIpc) is 3.03. The van der Waals surface area contributed by atoms with Crippen LogP contribution in [0, 0.1) is 0 Å². The molecular formula is C17H19N3O3. The third-order valence-electron chi connectivity index (χ3n) is 4.11. The molecule has 0 bridgehead atoms. The Morgan fingerprint density at radius 2 is 1.96 bits per heavy atom. The zero-order valence-corrected chi connectivity index (χ0v) is 12.8. The highest BCUT2D eigenvalue weighted by molar-refractivity contribution is 5.92. The second kappa shape index (κ2) is 6.64. The van der Waals surface area contributed by atoms with Gasteiger partial charge in [0.05, 0.1) is 6.04 Å². The Kier molecular flexibility index (Phi) is 4.41. The first-order valence-electron chi connectivity index (χ1n) is 7.76. The predicted molar refractivity (Wildman–Crippen MR) is 83.9 cm³/mol. The van der Waals surface area contributed by atoms with E-state index < -0.39 is 5.97 Å². The van der Waals surface area contributed by atoms with Gasteiger partial charge in [0.1, 0.15) is 12.2 Å². The number of amides is 1. The molecule has 1 N–H and O–H groups in total. The molecule has 2 aromatic rings. The van der Waals surface area contributed by atoms with Crippen molar-refractivity contribution < 1.29 is 14.7 Å². The van der Waals surface area contributed by atoms with E-state index in [4.69, 9.17) is 5.11 Å². The van der Waals surface area contributed by atoms with E-state index in [0.717, 1.165) is 24.8 Å². The number of carbonyl (C=O) groups excluding carboxylic acids is 1. The first-order valence-corrected chi connectivity index (χ1v) is 7.76. The van der Waals surface area contributed by atoms with Crippen LogP contribution >= 0.6 is 0 Å². The Morgan fingerprint density at radius 3 is 2.70 bits per heavy atom. The van der Waals surface area contributed by atoms with E-state index >= 15 is 0 Å². The zero-order chi connectivity index (χ0) is 16.2. The minimum Gasteiger partial charge on any atom is -0.480 e. The number of aromatic nitrogens is 2. The Balaban J connectivity index is 1.81. The SMILES string of the molecule is O=C(O)Cn1ccc(C(=O)N2CCCCC2c2ccccc2)n1. The molecule has 120 valence electrons. The predicted octanol–water partition coefficient (Wildman–Crippen LogP) is 2.34. The lowest BCUT2D eigenvalue weighted by Crippen LogP contribution is -2.38. The van der Waals surface area contributed by atoms with Crippen LogP contribution in [0.25, 0.3) is 0 Å². The lowest BCUT2D eigenvalue weighted by molar-refractivity contribution is -0.137. The van der Waals surface area contributed by atoms with Gasteiger partial charge in [0.15, 0.2) is 0 Å². The van der Waals surface area contributed by atoms with E-state index in [0.29, 0.717) is 12.2 Å². The summed E-state index contributed by atoms with van der Waals surface area (Å²) in [6, 6.07) is 11.6. The number of carbonyl (C=O) groups is 2. The van der Waals surface area contributed by atoms with Crippen molar-refractivity contribution in [1.82, 2.24) is 14.7 Å². The van der Waals surface area contributed by atoms with E-state index in [2.05, 4.69) is 5.10 Å². The number of nitrogens with zero attached hydrogens (tertiary/aromatic N) is 3. The van der Waals surface area contributed by atoms with Crippen LogP contribution in [0.5, 0.6) is 0 Å². The third kappa shape index (κ3) is 3.41. The minimum atomic E-state index is -0.979. The second-order valence-electron chi connectivity index (χ2n) is 5.71. The molecule has 1 aliphatic heterocycles. The molecule has 0 saturated carbocycles. The van der Waals surface area contributed by atoms with Gasteiger partial charge in [0.25, 0.3) is 5.91 Å². The summed E-state index contributed by atoms with van der Waals surface area (Å²) in [5.41, 5.74) is 1.43. The van der Waals surface area contributed by atoms with Crippen molar-refractivity contribution in [3.63, 3.8) is 0 Å². The molecule has 0 aliphatic carbocycles. The minimum absolute atomic E-state index is 0.0575. The molecule has 1 atom stereocenters. The first-order chi connectivity index (χ1) is 11.1. The van der Waals surface area contributed by atoms with Crippen molar-refractivity contribution >= 4 is 11.9 Å². The summed E-state index contributed by atoms with van der Waals surface area (Å²) in [5.74, 6) is -1.12. The highest BCUT2D eigenvalue weighted by Gasteiger charge is 2.29. The summed E-state index contributed by atoms with van der Waals surface area (Å²) in [6.07, 6.45) is 4.54. The van der Waals surface area contributed by atoms with Gasteiger partial charge < -0.3 is 10.0 Å². The van der Waals surface area contributed by atoms with Crippen molar-refractivity contribution in [1.29, 1.82) is 0 Å². The molecule has 6 heteroatoms. The van der Waals surface area contributed by atoms with Crippen LogP contribution in [-0.2, 0) is 11.3 Å². The van der Waals surface area contributed by atoms with Gasteiger partial charge in [-0.15, -0.1) is 0 Å². The maximum absolute atomic E-state index is 12.8. The van der Waals surface area contributed by atoms with Gasteiger partial charge in [-0.1, -0.05) is 30.3 Å². The Labute approximate surface area is 134 Å². The van der Waals surface area contributed by atoms with Gasteiger partial charge >= 0.3 is 5.97 Å². The lowest BCUT2D eigenvalue weighted by Gasteiger charge is -2.35. The monoisotopic (exact) mass is 313 g/mol. The smallest absolute Gasteiger partial charge is 0.325 e. The highest BCUT2D eigenvalue weighted by Crippen LogP contribution is 2.31. The Morgan fingerprint density at radius 1 is 1.17 bits per heavy atom. The molecule has 6 nitrogen and oxygen atoms in total. The lowest BCUT2D eigenvalue weighted by atomic mass is 9.95. The van der Waals surface area contributed by atoms with E-state index in [1.807, 2.05) is 35.2 Å². The molecule has 0 spiro atoms. The number of hydrogen-bond donors (Lipinski definition) is 1. The summed E-state index contributed by atoms with van der Waals surface area (Å²) in [6.45, 7) is 0.458. The molecule has 0 radical (unpaired) electrons. The number of aliphatic carboxylic acids is 1. The van der Waals surface area contributed by atoms with E-state index in [1.165, 1.54) is 10.9 Å². The van der Waals surface area contributed by atoms with Crippen molar-refractivity contribution in [3.05, 3.63) is 53.9 Å². The number of carboxylic acid groups (broad SMARTS) is 1. The number of rotatable bonds is 4. The van der Waals surface area contributed by atoms with Crippen molar-refractivity contribution in [3.8, 4) is 0 Å². The Bertz CT molecular complexity index is 696. The van der Waals surface area contributed by atoms with Crippen LogP contribution in [0.2, 0.25) is 0 Å². The van der Waals surface area contributed by atoms with Crippen LogP contribution < -0.4 is 0 Å². The number of piperidine rings is 1. The number of hydrogen-bond acceptors (Lipinski definition) is 3. The van der Waals surface area contributed by atoms with Gasteiger partial charge in [-0.2, -0.15) is 5.10 Å². The summed E-state index contributed by atoms with van der Waals surface area (Å²) in [5, 5.41) is 12.9. The summed E-state index contributed by atoms with van der Waals surface area (Å²) >= 11 is 0. The van der Waals surface area contributed by atoms with Gasteiger partial charge in [-0.25, -0.2) is 0 Å². The first kappa shape index (κ1) is 15.3. The normalized spacial score (nSPS) is 17.9. The fourth-order valence-electron chi connectivity index (χ4n) is 3.05. The van der Waals surface area contributed by atoms with Crippen molar-refractivity contribution in [2.45, 2.75) is 31.8 Å². The molecule has 1 fully saturated rings. The molecule has 1 aromatic carbocycles. The third-order valence-corrected chi connectivity index (χ3v) is 4.11. The topological polar surface area (TPSA) is 75.4 Å². The van der Waals surface area contributed by atoms with Gasteiger partial charge in [-0.3, -0.25) is 14.3 Å². The molecular weight excluding hydrogens is 294 g/mol. The van der Waals surface area contributed by atoms with Crippen molar-refractivity contribution in [2.24, 2.45) is 0 Å². The number of carboxylic acids is 1. The van der Waals surface area contributed by atoms with E-state index in [-0.39, 0.29) is 18.5 Å². The van der Waals surface area contributed by atoms with Crippen LogP contribution in [0.3, 0.4) is 0 Å². The van der Waals surface area contributed by atoms with Crippen LogP contribution in [0.1, 0.15) is 41.4 Å². The zero-order valence-electron chi connectivity index (χ0n) is 12.8. The number of benzene rings is 1. The van der Waals surface area contributed by atoms with Crippen LogP contribution in [0.4, 0.5) is 0 Å². The standard InChI is InChI=1S/C17H19N3O3/c21-16(22)12-19-11-9-14(18-19)17(23)20-10-5-4-8-15(20)13-6-2-1-3-7-13/h1-3,6-7,9,11,15H,4-5,8,10,12H2,(H,21,22). The Hall–Kier alpha value is -2.63. The summed E-state index contributed by atoms with van der Waals surface area (Å²) in [7, 11) is 0. The maximum Gasteiger partial charge on any atom is 0.325 e. The largest absolute Gasteiger partial charge is 0.480 e. The maximum atomic E-state index is 12.8. The van der Waals surface area contributed by atoms with Crippen molar-refractivity contribution in [2.75, 3.05) is 6.54 Å². The van der Waals surface area contributed by atoms with Crippen LogP contribution in [-0.4, -0.2) is 38.2 Å². The number of likely N-dealkylation sites (tertiary alicyclic amines) is 1. The second-order valence-corrected chi connectivity index (χ2v) is 5.71. The van der Waals surface area contributed by atoms with Crippen LogP contribution in [0.15, 0.2) is 42.6 Å². The van der Waals surface area contributed by atoms with Gasteiger partial charge in [0, 0.05) is 12.7 Å². The molecule has 1 aliphatic rings. The molecule has 1 unspecified atom stereocenters. The fraction of sp³-hybridized carbons (Fsp3) is 0.353. The molecule has 2 heterocycles. The molecule has 3 rings (SSSR count). The fourth-order valence-corrected chi connectivity index (χ4v) is 3.05. The van der Waals surface area contributed by atoms with E-state index in [9.17, 15) is 9.59 Å². The molecule has 1 aromatic heterocycles. The quantitative estimate of drug-likeness (QED) is 0.940. The molecule has 23 heavy (non-hydrogen) atoms. The van der Waals surface area contributed by atoms with Gasteiger partial charge in [-0.05, 0) is 30.9 Å².